The summed E-state index contributed by atoms with van der Waals surface area (Å²) in [4.78, 5) is 25.0. The number of nitrogens with zero attached hydrogens (tertiary/aromatic N) is 2. The molecule has 1 aliphatic heterocycles. The molecule has 0 bridgehead atoms. The monoisotopic (exact) mass is 538 g/mol. The van der Waals surface area contributed by atoms with Gasteiger partial charge in [-0.05, 0) is 75.9 Å². The molecule has 4 rings (SSSR count). The fraction of sp³-hybridized carbons (Fsp3) is 0.300. The van der Waals surface area contributed by atoms with Gasteiger partial charge in [-0.2, -0.15) is 23.3 Å². The van der Waals surface area contributed by atoms with Crippen molar-refractivity contribution in [2.75, 3.05) is 5.01 Å². The summed E-state index contributed by atoms with van der Waals surface area (Å²) in [6.45, 7) is 4.95. The molecule has 1 unspecified atom stereocenters. The van der Waals surface area contributed by atoms with Crippen molar-refractivity contribution in [2.24, 2.45) is 10.5 Å². The number of carbonyl (C=O) groups excluding carboxylic acids is 1. The second kappa shape index (κ2) is 10.6. The zero-order valence-electron chi connectivity index (χ0n) is 21.8. The Morgan fingerprint density at radius 3 is 2.21 bits per heavy atom. The third-order valence-corrected chi connectivity index (χ3v) is 6.94. The molecule has 3 aromatic carbocycles. The fourth-order valence-electron chi connectivity index (χ4n) is 4.43. The molecule has 0 aliphatic carbocycles. The van der Waals surface area contributed by atoms with Gasteiger partial charge in [0, 0.05) is 5.56 Å². The molecule has 9 heteroatoms. The van der Waals surface area contributed by atoms with Gasteiger partial charge in [-0.1, -0.05) is 48.5 Å². The van der Waals surface area contributed by atoms with E-state index in [9.17, 15) is 27.9 Å². The number of carbonyl (C=O) groups is 2. The zero-order chi connectivity index (χ0) is 28.4. The molecular formula is C30H29F3N2O4. The van der Waals surface area contributed by atoms with Gasteiger partial charge in [0.15, 0.2) is 0 Å². The third-order valence-electron chi connectivity index (χ3n) is 6.94. The fourth-order valence-corrected chi connectivity index (χ4v) is 4.43. The van der Waals surface area contributed by atoms with Crippen LogP contribution in [-0.4, -0.2) is 22.7 Å². The van der Waals surface area contributed by atoms with E-state index in [-0.39, 0.29) is 11.6 Å². The van der Waals surface area contributed by atoms with Crippen molar-refractivity contribution in [2.45, 2.75) is 51.8 Å². The van der Waals surface area contributed by atoms with E-state index >= 15 is 0 Å². The van der Waals surface area contributed by atoms with Crippen LogP contribution in [-0.2, 0) is 27.8 Å². The van der Waals surface area contributed by atoms with E-state index in [1.165, 1.54) is 19.1 Å². The lowest BCUT2D eigenvalue weighted by Crippen LogP contribution is -2.38. The number of carboxylic acid groups (broad SMARTS) is 1. The SMILES string of the molecule is CC1(C)C(=O)N(c2cccc(C(F)(F)F)c2)N=C1CCCc1ccc(OC(C)(C(=O)O)c2ccccc2)cc1. The minimum atomic E-state index is -4.52. The average Bonchev–Trinajstić information content (AvgIpc) is 3.13. The maximum atomic E-state index is 13.2. The van der Waals surface area contributed by atoms with Crippen LogP contribution in [0.1, 0.15) is 50.3 Å². The van der Waals surface area contributed by atoms with Crippen LogP contribution in [0, 0.1) is 5.41 Å². The first-order chi connectivity index (χ1) is 18.3. The quantitative estimate of drug-likeness (QED) is 0.324. The maximum absolute atomic E-state index is 13.2. The van der Waals surface area contributed by atoms with Crippen LogP contribution in [0.15, 0.2) is 84.0 Å². The highest BCUT2D eigenvalue weighted by Crippen LogP contribution is 2.37. The lowest BCUT2D eigenvalue weighted by atomic mass is 9.84. The number of hydrazone groups is 1. The summed E-state index contributed by atoms with van der Waals surface area (Å²) in [5.74, 6) is -1.07. The lowest BCUT2D eigenvalue weighted by molar-refractivity contribution is -0.154. The molecule has 1 N–H and O–H groups in total. The Morgan fingerprint density at radius 1 is 0.949 bits per heavy atom. The Labute approximate surface area is 224 Å². The second-order valence-electron chi connectivity index (χ2n) is 10.1. The van der Waals surface area contributed by atoms with Gasteiger partial charge < -0.3 is 9.84 Å². The highest BCUT2D eigenvalue weighted by Gasteiger charge is 2.44. The Bertz CT molecular complexity index is 1390. The highest BCUT2D eigenvalue weighted by atomic mass is 19.4. The standard InChI is InChI=1S/C30H29F3N2O4/c1-28(2)25(34-35(26(28)36)23-13-8-12-22(19-23)30(31,32)33)14-7-9-20-15-17-24(18-16-20)39-29(3,27(37)38)21-10-5-4-6-11-21/h4-6,8,10-13,15-19H,7,9,14H2,1-3H3,(H,37,38). The molecule has 204 valence electrons. The van der Waals surface area contributed by atoms with Crippen LogP contribution < -0.4 is 9.75 Å². The first kappa shape index (κ1) is 27.9. The molecule has 1 atom stereocenters. The lowest BCUT2D eigenvalue weighted by Gasteiger charge is -2.27. The molecule has 3 aromatic rings. The number of rotatable bonds is 9. The van der Waals surface area contributed by atoms with Crippen LogP contribution in [0.3, 0.4) is 0 Å². The number of aliphatic carboxylic acids is 1. The van der Waals surface area contributed by atoms with E-state index < -0.39 is 28.7 Å². The van der Waals surface area contributed by atoms with Crippen LogP contribution in [0.4, 0.5) is 18.9 Å². The maximum Gasteiger partial charge on any atom is 0.416 e. The molecule has 39 heavy (non-hydrogen) atoms. The van der Waals surface area contributed by atoms with Crippen molar-refractivity contribution in [1.82, 2.24) is 0 Å². The molecule has 0 spiro atoms. The molecule has 0 saturated carbocycles. The number of ether oxygens (including phenoxy) is 1. The molecule has 0 aromatic heterocycles. The molecule has 0 fully saturated rings. The molecular weight excluding hydrogens is 509 g/mol. The second-order valence-corrected chi connectivity index (χ2v) is 10.1. The van der Waals surface area contributed by atoms with E-state index in [4.69, 9.17) is 4.74 Å². The van der Waals surface area contributed by atoms with E-state index in [1.54, 1.807) is 56.3 Å². The number of aryl methyl sites for hydroxylation is 1. The van der Waals surface area contributed by atoms with Crippen molar-refractivity contribution >= 4 is 23.3 Å². The Kier molecular flexibility index (Phi) is 7.54. The van der Waals surface area contributed by atoms with Crippen LogP contribution >= 0.6 is 0 Å². The number of anilines is 1. The Hall–Kier alpha value is -4.14. The molecule has 0 radical (unpaired) electrons. The van der Waals surface area contributed by atoms with Gasteiger partial charge >= 0.3 is 12.1 Å². The van der Waals surface area contributed by atoms with Gasteiger partial charge in [-0.25, -0.2) is 4.79 Å². The van der Waals surface area contributed by atoms with Crippen molar-refractivity contribution in [3.8, 4) is 5.75 Å². The van der Waals surface area contributed by atoms with E-state index in [1.807, 2.05) is 12.1 Å². The Morgan fingerprint density at radius 2 is 1.59 bits per heavy atom. The minimum Gasteiger partial charge on any atom is -0.478 e. The molecule has 0 saturated heterocycles. The number of amides is 1. The van der Waals surface area contributed by atoms with E-state index in [0.29, 0.717) is 36.3 Å². The molecule has 1 aliphatic rings. The van der Waals surface area contributed by atoms with Gasteiger partial charge in [0.1, 0.15) is 5.75 Å². The van der Waals surface area contributed by atoms with E-state index in [0.717, 1.165) is 22.7 Å². The summed E-state index contributed by atoms with van der Waals surface area (Å²) in [6, 6.07) is 20.4. The summed E-state index contributed by atoms with van der Waals surface area (Å²) >= 11 is 0. The average molecular weight is 539 g/mol. The summed E-state index contributed by atoms with van der Waals surface area (Å²) in [7, 11) is 0. The first-order valence-corrected chi connectivity index (χ1v) is 12.5. The number of hydrogen-bond donors (Lipinski definition) is 1. The van der Waals surface area contributed by atoms with Crippen LogP contribution in [0.25, 0.3) is 0 Å². The number of hydrogen-bond acceptors (Lipinski definition) is 4. The zero-order valence-corrected chi connectivity index (χ0v) is 21.8. The van der Waals surface area contributed by atoms with Crippen molar-refractivity contribution < 1.29 is 32.6 Å². The summed E-state index contributed by atoms with van der Waals surface area (Å²) in [5, 5.41) is 15.3. The van der Waals surface area contributed by atoms with Gasteiger partial charge in [0.05, 0.1) is 22.4 Å². The number of alkyl halides is 3. The number of benzene rings is 3. The summed E-state index contributed by atoms with van der Waals surface area (Å²) in [5.41, 5.74) is -1.14. The van der Waals surface area contributed by atoms with E-state index in [2.05, 4.69) is 5.10 Å². The number of halogens is 3. The van der Waals surface area contributed by atoms with Crippen molar-refractivity contribution in [3.05, 3.63) is 95.6 Å². The smallest absolute Gasteiger partial charge is 0.416 e. The predicted octanol–water partition coefficient (Wildman–Crippen LogP) is 6.84. The minimum absolute atomic E-state index is 0.0809. The topological polar surface area (TPSA) is 79.2 Å². The van der Waals surface area contributed by atoms with Gasteiger partial charge in [0.25, 0.3) is 5.91 Å². The normalized spacial score (nSPS) is 16.5. The third kappa shape index (κ3) is 5.82. The predicted molar refractivity (Wildman–Crippen MR) is 142 cm³/mol. The molecule has 1 amide bonds. The van der Waals surface area contributed by atoms with Crippen LogP contribution in [0.2, 0.25) is 0 Å². The largest absolute Gasteiger partial charge is 0.478 e. The van der Waals surface area contributed by atoms with Gasteiger partial charge in [0.2, 0.25) is 5.60 Å². The van der Waals surface area contributed by atoms with Gasteiger partial charge in [-0.3, -0.25) is 4.79 Å². The van der Waals surface area contributed by atoms with Gasteiger partial charge in [-0.15, -0.1) is 0 Å². The molecule has 6 nitrogen and oxygen atoms in total. The van der Waals surface area contributed by atoms with Crippen molar-refractivity contribution in [3.63, 3.8) is 0 Å². The van der Waals surface area contributed by atoms with Crippen molar-refractivity contribution in [1.29, 1.82) is 0 Å². The highest BCUT2D eigenvalue weighted by molar-refractivity contribution is 6.18. The summed E-state index contributed by atoms with van der Waals surface area (Å²) < 4.78 is 45.3. The number of carboxylic acids is 1. The Balaban J connectivity index is 1.41. The summed E-state index contributed by atoms with van der Waals surface area (Å²) in [6.07, 6.45) is -2.72. The first-order valence-electron chi connectivity index (χ1n) is 12.5. The molecule has 1 heterocycles. The van der Waals surface area contributed by atoms with Crippen LogP contribution in [0.5, 0.6) is 5.75 Å².